The molecule has 0 saturated carbocycles. The van der Waals surface area contributed by atoms with Crippen LogP contribution in [0.5, 0.6) is 0 Å². The molecular weight excluding hydrogens is 430 g/mol. The van der Waals surface area contributed by atoms with E-state index in [0.717, 1.165) is 43.7 Å². The van der Waals surface area contributed by atoms with Crippen LogP contribution in [0.4, 0.5) is 0 Å². The molecule has 0 aliphatic carbocycles. The fourth-order valence-corrected chi connectivity index (χ4v) is 4.00. The summed E-state index contributed by atoms with van der Waals surface area (Å²) in [6.45, 7) is 2.41. The standard InChI is InChI=1S/C24H31NO6S/c1-2-3-4-5-6-12-17-31-24(27)21(18-19-13-8-7-9-14-19)25-23(26)20-15-10-11-16-22(20)32(28,29)30/h7-11,13-16,21H,2-6,12,17-18H2,1H3,(H,25,26)(H,28,29,30)/t21-/m0/s1. The highest BCUT2D eigenvalue weighted by Crippen LogP contribution is 2.16. The van der Waals surface area contributed by atoms with Gasteiger partial charge in [-0.3, -0.25) is 9.35 Å². The van der Waals surface area contributed by atoms with E-state index in [0.29, 0.717) is 0 Å². The van der Waals surface area contributed by atoms with Crippen molar-refractivity contribution in [3.63, 3.8) is 0 Å². The molecule has 0 aliphatic rings. The Morgan fingerprint density at radius 2 is 1.56 bits per heavy atom. The zero-order chi connectivity index (χ0) is 23.4. The highest BCUT2D eigenvalue weighted by molar-refractivity contribution is 7.86. The fraction of sp³-hybridized carbons (Fsp3) is 0.417. The van der Waals surface area contributed by atoms with Gasteiger partial charge in [0, 0.05) is 6.42 Å². The van der Waals surface area contributed by atoms with Crippen molar-refractivity contribution in [2.45, 2.75) is 62.8 Å². The molecule has 0 bridgehead atoms. The number of carbonyl (C=O) groups is 2. The average molecular weight is 462 g/mol. The van der Waals surface area contributed by atoms with Gasteiger partial charge in [0.25, 0.3) is 16.0 Å². The summed E-state index contributed by atoms with van der Waals surface area (Å²) < 4.78 is 38.1. The zero-order valence-electron chi connectivity index (χ0n) is 18.3. The van der Waals surface area contributed by atoms with Crippen LogP contribution in [0.15, 0.2) is 59.5 Å². The van der Waals surface area contributed by atoms with Gasteiger partial charge in [0.05, 0.1) is 12.2 Å². The van der Waals surface area contributed by atoms with Crippen molar-refractivity contribution in [3.05, 3.63) is 65.7 Å². The summed E-state index contributed by atoms with van der Waals surface area (Å²) >= 11 is 0. The van der Waals surface area contributed by atoms with Crippen LogP contribution < -0.4 is 5.32 Å². The first-order chi connectivity index (χ1) is 15.3. The highest BCUT2D eigenvalue weighted by atomic mass is 32.2. The van der Waals surface area contributed by atoms with E-state index in [1.165, 1.54) is 24.6 Å². The largest absolute Gasteiger partial charge is 0.464 e. The number of amides is 1. The second-order valence-electron chi connectivity index (χ2n) is 7.62. The molecule has 1 atom stereocenters. The topological polar surface area (TPSA) is 110 Å². The van der Waals surface area contributed by atoms with E-state index < -0.39 is 32.9 Å². The van der Waals surface area contributed by atoms with Gasteiger partial charge in [-0.1, -0.05) is 81.5 Å². The molecule has 0 aromatic heterocycles. The highest BCUT2D eigenvalue weighted by Gasteiger charge is 2.26. The summed E-state index contributed by atoms with van der Waals surface area (Å²) in [5.74, 6) is -1.37. The van der Waals surface area contributed by atoms with Gasteiger partial charge < -0.3 is 10.1 Å². The molecule has 0 unspecified atom stereocenters. The van der Waals surface area contributed by atoms with Gasteiger partial charge >= 0.3 is 5.97 Å². The Kier molecular flexibility index (Phi) is 10.4. The minimum absolute atomic E-state index is 0.190. The molecule has 1 amide bonds. The Labute approximate surface area is 189 Å². The quantitative estimate of drug-likeness (QED) is 0.263. The summed E-state index contributed by atoms with van der Waals surface area (Å²) in [6, 6.07) is 13.4. The second kappa shape index (κ2) is 13.0. The molecule has 174 valence electrons. The molecule has 2 N–H and O–H groups in total. The Morgan fingerprint density at radius 1 is 0.938 bits per heavy atom. The molecule has 0 fully saturated rings. The molecule has 2 aromatic rings. The van der Waals surface area contributed by atoms with Crippen molar-refractivity contribution in [2.75, 3.05) is 6.61 Å². The minimum Gasteiger partial charge on any atom is -0.464 e. The third-order valence-electron chi connectivity index (χ3n) is 5.02. The van der Waals surface area contributed by atoms with Crippen molar-refractivity contribution < 1.29 is 27.3 Å². The van der Waals surface area contributed by atoms with Crippen LogP contribution in [0.1, 0.15) is 61.4 Å². The lowest BCUT2D eigenvalue weighted by molar-refractivity contribution is -0.146. The van der Waals surface area contributed by atoms with Gasteiger partial charge in [-0.2, -0.15) is 8.42 Å². The molecule has 8 heteroatoms. The molecule has 2 rings (SSSR count). The lowest BCUT2D eigenvalue weighted by Gasteiger charge is -2.18. The SMILES string of the molecule is CCCCCCCCOC(=O)[C@H](Cc1ccccc1)NC(=O)c1ccccc1S(=O)(=O)O. The summed E-state index contributed by atoms with van der Waals surface area (Å²) in [4.78, 5) is 25.0. The van der Waals surface area contributed by atoms with E-state index in [1.807, 2.05) is 30.3 Å². The first kappa shape index (κ1) is 25.5. The molecule has 0 heterocycles. The number of carbonyl (C=O) groups excluding carboxylic acids is 2. The maximum absolute atomic E-state index is 12.8. The van der Waals surface area contributed by atoms with Crippen molar-refractivity contribution in [3.8, 4) is 0 Å². The number of hydrogen-bond donors (Lipinski definition) is 2. The van der Waals surface area contributed by atoms with Gasteiger partial charge in [-0.15, -0.1) is 0 Å². The normalized spacial score (nSPS) is 12.2. The smallest absolute Gasteiger partial charge is 0.328 e. The van der Waals surface area contributed by atoms with Crippen molar-refractivity contribution >= 4 is 22.0 Å². The zero-order valence-corrected chi connectivity index (χ0v) is 19.1. The molecule has 0 radical (unpaired) electrons. The second-order valence-corrected chi connectivity index (χ2v) is 9.01. The van der Waals surface area contributed by atoms with Gasteiger partial charge in [0.15, 0.2) is 0 Å². The van der Waals surface area contributed by atoms with Crippen LogP contribution in [0.3, 0.4) is 0 Å². The minimum atomic E-state index is -4.60. The first-order valence-corrected chi connectivity index (χ1v) is 12.3. The molecule has 2 aromatic carbocycles. The van der Waals surface area contributed by atoms with Crippen molar-refractivity contribution in [2.24, 2.45) is 0 Å². The van der Waals surface area contributed by atoms with E-state index in [1.54, 1.807) is 0 Å². The van der Waals surface area contributed by atoms with Crippen LogP contribution >= 0.6 is 0 Å². The number of ether oxygens (including phenoxy) is 1. The van der Waals surface area contributed by atoms with E-state index in [9.17, 15) is 22.6 Å². The third-order valence-corrected chi connectivity index (χ3v) is 5.94. The number of rotatable bonds is 13. The van der Waals surface area contributed by atoms with E-state index in [4.69, 9.17) is 4.74 Å². The third kappa shape index (κ3) is 8.43. The van der Waals surface area contributed by atoms with Crippen LogP contribution in [0.2, 0.25) is 0 Å². The predicted octanol–water partition coefficient (Wildman–Crippen LogP) is 4.18. The Bertz CT molecular complexity index is 975. The molecule has 0 spiro atoms. The number of nitrogens with one attached hydrogen (secondary N) is 1. The summed E-state index contributed by atoms with van der Waals surface area (Å²) in [5, 5.41) is 2.57. The maximum Gasteiger partial charge on any atom is 0.328 e. The molecule has 7 nitrogen and oxygen atoms in total. The molecular formula is C24H31NO6S. The average Bonchev–Trinajstić information content (AvgIpc) is 2.78. The van der Waals surface area contributed by atoms with Crippen molar-refractivity contribution in [1.82, 2.24) is 5.32 Å². The van der Waals surface area contributed by atoms with E-state index >= 15 is 0 Å². The Morgan fingerprint density at radius 3 is 2.25 bits per heavy atom. The van der Waals surface area contributed by atoms with Crippen molar-refractivity contribution in [1.29, 1.82) is 0 Å². The van der Waals surface area contributed by atoms with Crippen LogP contribution in [-0.2, 0) is 26.1 Å². The number of benzene rings is 2. The van der Waals surface area contributed by atoms with Gasteiger partial charge in [0.2, 0.25) is 0 Å². The van der Waals surface area contributed by atoms with Crippen LogP contribution in [0, 0.1) is 0 Å². The van der Waals surface area contributed by atoms with Gasteiger partial charge in [-0.05, 0) is 24.1 Å². The van der Waals surface area contributed by atoms with Crippen LogP contribution in [0.25, 0.3) is 0 Å². The van der Waals surface area contributed by atoms with E-state index in [2.05, 4.69) is 12.2 Å². The summed E-state index contributed by atoms with van der Waals surface area (Å²) in [5.41, 5.74) is 0.578. The number of esters is 1. The van der Waals surface area contributed by atoms with Gasteiger partial charge in [0.1, 0.15) is 10.9 Å². The van der Waals surface area contributed by atoms with Crippen LogP contribution in [-0.4, -0.2) is 37.5 Å². The monoisotopic (exact) mass is 461 g/mol. The lowest BCUT2D eigenvalue weighted by atomic mass is 10.1. The molecule has 0 saturated heterocycles. The summed E-state index contributed by atoms with van der Waals surface area (Å²) in [7, 11) is -4.60. The Balaban J connectivity index is 2.07. The van der Waals surface area contributed by atoms with Gasteiger partial charge in [-0.25, -0.2) is 4.79 Å². The number of unbranched alkanes of at least 4 members (excludes halogenated alkanes) is 5. The fourth-order valence-electron chi connectivity index (χ4n) is 3.31. The summed E-state index contributed by atoms with van der Waals surface area (Å²) in [6.07, 6.45) is 6.49. The Hall–Kier alpha value is -2.71. The number of hydrogen-bond acceptors (Lipinski definition) is 5. The van der Waals surface area contributed by atoms with E-state index in [-0.39, 0.29) is 18.6 Å². The molecule has 0 aliphatic heterocycles. The maximum atomic E-state index is 12.8. The first-order valence-electron chi connectivity index (χ1n) is 10.9. The molecule has 32 heavy (non-hydrogen) atoms. The lowest BCUT2D eigenvalue weighted by Crippen LogP contribution is -2.43. The predicted molar refractivity (Wildman–Crippen MR) is 122 cm³/mol.